The number of aliphatic hydroxyl groups is 1. The second kappa shape index (κ2) is 3.84. The van der Waals surface area contributed by atoms with Crippen molar-refractivity contribution in [2.45, 2.75) is 18.4 Å². The maximum atomic E-state index is 12.9. The van der Waals surface area contributed by atoms with Crippen LogP contribution >= 0.6 is 0 Å². The summed E-state index contributed by atoms with van der Waals surface area (Å²) in [7, 11) is -3.59. The Bertz CT molecular complexity index is 971. The second-order valence-corrected chi connectivity index (χ2v) is 12.7. The summed E-state index contributed by atoms with van der Waals surface area (Å²) in [4.78, 5) is 12.9. The highest BCUT2D eigenvalue weighted by Crippen LogP contribution is 2.95. The molecule has 144 valence electrons. The number of rotatable bonds is 3. The lowest BCUT2D eigenvalue weighted by atomic mass is 9.47. The van der Waals surface area contributed by atoms with Gasteiger partial charge >= 0.3 is 0 Å². The van der Waals surface area contributed by atoms with E-state index in [4.69, 9.17) is 4.18 Å². The van der Waals surface area contributed by atoms with Crippen LogP contribution in [0.15, 0.2) is 12.2 Å². The van der Waals surface area contributed by atoms with Crippen LogP contribution in [-0.2, 0) is 19.1 Å². The van der Waals surface area contributed by atoms with Gasteiger partial charge in [-0.15, -0.1) is 0 Å². The summed E-state index contributed by atoms with van der Waals surface area (Å²) < 4.78 is 29.4. The molecule has 9 aliphatic rings. The number of allylic oxidation sites excluding steroid dienone is 2. The molecular weight excluding hydrogens is 364 g/mol. The molecule has 9 bridgehead atoms. The molecule has 9 aliphatic carbocycles. The van der Waals surface area contributed by atoms with E-state index in [9.17, 15) is 18.3 Å². The number of hydrogen-bond donors (Lipinski definition) is 1. The minimum absolute atomic E-state index is 0.0396. The summed E-state index contributed by atoms with van der Waals surface area (Å²) in [6.45, 7) is 0.0941. The molecule has 27 heavy (non-hydrogen) atoms. The van der Waals surface area contributed by atoms with Gasteiger partial charge in [-0.1, -0.05) is 6.08 Å². The van der Waals surface area contributed by atoms with E-state index in [0.29, 0.717) is 47.3 Å². The molecule has 8 fully saturated rings. The smallest absolute Gasteiger partial charge is 0.264 e. The lowest BCUT2D eigenvalue weighted by Crippen LogP contribution is -2.67. The van der Waals surface area contributed by atoms with Crippen LogP contribution in [0.1, 0.15) is 12.8 Å². The highest BCUT2D eigenvalue weighted by Gasteiger charge is 2.96. The molecule has 0 aromatic heterocycles. The molecule has 0 radical (unpaired) electrons. The van der Waals surface area contributed by atoms with E-state index in [0.717, 1.165) is 12.7 Å². The Kier molecular flexibility index (Phi) is 2.16. The van der Waals surface area contributed by atoms with Crippen molar-refractivity contribution in [1.29, 1.82) is 0 Å². The van der Waals surface area contributed by atoms with E-state index in [-0.39, 0.29) is 36.1 Å². The molecule has 14 atom stereocenters. The largest absolute Gasteiger partial charge is 0.389 e. The standard InChI is InChI=1S/C21H24O5S/c1-27(24,25)26-6-20-17-8-2-4-9-11(8)14-16(17)15-13(19(14)21(9,20)23)7-3-5-10(22)12(7)18(15)20/h3,5,7-9,11-19,23H,2,4,6H2,1H3/t7-,8+,9+,11+,12+,13-,14+,15+,16+,17-,18-,19-,20-,21+/m0/s1. The molecule has 0 heterocycles. The molecular formula is C21H24O5S. The van der Waals surface area contributed by atoms with Gasteiger partial charge in [-0.2, -0.15) is 8.42 Å². The summed E-state index contributed by atoms with van der Waals surface area (Å²) in [6, 6.07) is 0. The quantitative estimate of drug-likeness (QED) is 0.732. The Hall–Kier alpha value is -0.720. The van der Waals surface area contributed by atoms with Crippen LogP contribution < -0.4 is 0 Å². The van der Waals surface area contributed by atoms with E-state index in [1.807, 2.05) is 0 Å². The molecule has 5 nitrogen and oxygen atoms in total. The van der Waals surface area contributed by atoms with Gasteiger partial charge in [0.05, 0.1) is 18.5 Å². The van der Waals surface area contributed by atoms with Gasteiger partial charge in [-0.25, -0.2) is 0 Å². The molecule has 0 aliphatic heterocycles. The lowest BCUT2D eigenvalue weighted by molar-refractivity contribution is -0.236. The van der Waals surface area contributed by atoms with Gasteiger partial charge in [0.15, 0.2) is 5.78 Å². The van der Waals surface area contributed by atoms with E-state index in [2.05, 4.69) is 6.08 Å². The molecule has 0 amide bonds. The fourth-order valence-electron chi connectivity index (χ4n) is 11.8. The minimum Gasteiger partial charge on any atom is -0.389 e. The van der Waals surface area contributed by atoms with E-state index >= 15 is 0 Å². The predicted octanol–water partition coefficient (Wildman–Crippen LogP) is 1.09. The van der Waals surface area contributed by atoms with Crippen molar-refractivity contribution < 1.29 is 22.5 Å². The van der Waals surface area contributed by atoms with Gasteiger partial charge in [0.25, 0.3) is 10.1 Å². The minimum atomic E-state index is -3.59. The summed E-state index contributed by atoms with van der Waals surface area (Å²) >= 11 is 0. The van der Waals surface area contributed by atoms with Crippen molar-refractivity contribution in [3.05, 3.63) is 12.2 Å². The summed E-state index contributed by atoms with van der Waals surface area (Å²) in [6.07, 6.45) is 7.26. The Morgan fingerprint density at radius 1 is 1.11 bits per heavy atom. The van der Waals surface area contributed by atoms with Crippen LogP contribution in [-0.4, -0.2) is 37.8 Å². The molecule has 1 N–H and O–H groups in total. The molecule has 9 rings (SSSR count). The highest BCUT2D eigenvalue weighted by atomic mass is 32.2. The van der Waals surface area contributed by atoms with E-state index in [1.165, 1.54) is 6.42 Å². The third-order valence-corrected chi connectivity index (χ3v) is 11.8. The monoisotopic (exact) mass is 388 g/mol. The summed E-state index contributed by atoms with van der Waals surface area (Å²) in [5.41, 5.74) is -1.34. The van der Waals surface area contributed by atoms with Crippen LogP contribution in [0.5, 0.6) is 0 Å². The van der Waals surface area contributed by atoms with Crippen molar-refractivity contribution in [2.24, 2.45) is 76.4 Å². The van der Waals surface area contributed by atoms with Crippen LogP contribution in [0.2, 0.25) is 0 Å². The van der Waals surface area contributed by atoms with Gasteiger partial charge in [0, 0.05) is 11.3 Å². The van der Waals surface area contributed by atoms with Crippen LogP contribution in [0.3, 0.4) is 0 Å². The van der Waals surface area contributed by atoms with Gasteiger partial charge in [-0.05, 0) is 84.0 Å². The first kappa shape index (κ1) is 15.2. The zero-order chi connectivity index (χ0) is 18.2. The Morgan fingerprint density at radius 3 is 2.63 bits per heavy atom. The molecule has 0 spiro atoms. The highest BCUT2D eigenvalue weighted by molar-refractivity contribution is 7.85. The Balaban J connectivity index is 1.42. The molecule has 0 aromatic carbocycles. The maximum Gasteiger partial charge on any atom is 0.264 e. The fraction of sp³-hybridized carbons (Fsp3) is 0.857. The van der Waals surface area contributed by atoms with Crippen LogP contribution in [0.4, 0.5) is 0 Å². The van der Waals surface area contributed by atoms with Crippen LogP contribution in [0.25, 0.3) is 0 Å². The van der Waals surface area contributed by atoms with Crippen molar-refractivity contribution >= 4 is 15.9 Å². The third kappa shape index (κ3) is 1.15. The second-order valence-electron chi connectivity index (χ2n) is 11.0. The number of hydrogen-bond acceptors (Lipinski definition) is 5. The molecule has 0 unspecified atom stereocenters. The zero-order valence-corrected chi connectivity index (χ0v) is 16.0. The predicted molar refractivity (Wildman–Crippen MR) is 93.4 cm³/mol. The number of ketones is 1. The van der Waals surface area contributed by atoms with Crippen molar-refractivity contribution in [3.63, 3.8) is 0 Å². The van der Waals surface area contributed by atoms with Gasteiger partial charge in [0.1, 0.15) is 0 Å². The number of carbonyl (C=O) groups is 1. The van der Waals surface area contributed by atoms with Crippen molar-refractivity contribution in [1.82, 2.24) is 0 Å². The van der Waals surface area contributed by atoms with E-state index in [1.54, 1.807) is 6.08 Å². The number of fused-ring (bicyclic) bond motifs is 1. The average Bonchev–Trinajstić information content (AvgIpc) is 3.34. The normalized spacial score (nSPS) is 69.6. The molecule has 0 aromatic rings. The number of carbonyl (C=O) groups excluding carboxylic acids is 1. The van der Waals surface area contributed by atoms with Crippen molar-refractivity contribution in [2.75, 3.05) is 12.9 Å². The molecule has 0 saturated heterocycles. The summed E-state index contributed by atoms with van der Waals surface area (Å²) in [5.74, 6) is 4.90. The van der Waals surface area contributed by atoms with Gasteiger partial charge in [0.2, 0.25) is 0 Å². The fourth-order valence-corrected chi connectivity index (χ4v) is 12.2. The summed E-state index contributed by atoms with van der Waals surface area (Å²) in [5, 5.41) is 12.5. The maximum absolute atomic E-state index is 12.9. The van der Waals surface area contributed by atoms with Crippen molar-refractivity contribution in [3.8, 4) is 0 Å². The van der Waals surface area contributed by atoms with Crippen LogP contribution in [0, 0.1) is 76.4 Å². The molecule has 6 heteroatoms. The molecule has 8 saturated carbocycles. The topological polar surface area (TPSA) is 80.7 Å². The lowest BCUT2D eigenvalue weighted by Gasteiger charge is -2.60. The first-order chi connectivity index (χ1) is 12.8. The Labute approximate surface area is 158 Å². The third-order valence-electron chi connectivity index (χ3n) is 11.2. The Morgan fingerprint density at radius 2 is 1.85 bits per heavy atom. The average molecular weight is 388 g/mol. The zero-order valence-electron chi connectivity index (χ0n) is 15.2. The van der Waals surface area contributed by atoms with E-state index < -0.39 is 21.1 Å². The van der Waals surface area contributed by atoms with Gasteiger partial charge in [-0.3, -0.25) is 8.98 Å². The first-order valence-electron chi connectivity index (χ1n) is 10.6. The van der Waals surface area contributed by atoms with Gasteiger partial charge < -0.3 is 5.11 Å². The SMILES string of the molecule is CS(=O)(=O)OC[C@]12[C@H]3[C@@H]4CC[C@@H]5[C@@H]4[C@@H]4[C@@H]3[C@H]3[C@H]([C@H]6C=CC(=O)[C@@H]6[C@@H]31)[C@@H]4[C@]52O. The first-order valence-corrected chi connectivity index (χ1v) is 12.4.